The lowest BCUT2D eigenvalue weighted by Crippen LogP contribution is -2.37. The summed E-state index contributed by atoms with van der Waals surface area (Å²) in [6.45, 7) is 2.35. The molecule has 1 fully saturated rings. The first-order valence-corrected chi connectivity index (χ1v) is 10.5. The summed E-state index contributed by atoms with van der Waals surface area (Å²) < 4.78 is 6.88. The van der Waals surface area contributed by atoms with Crippen molar-refractivity contribution in [2.75, 3.05) is 6.61 Å². The van der Waals surface area contributed by atoms with E-state index in [4.69, 9.17) is 16.0 Å². The highest BCUT2D eigenvalue weighted by molar-refractivity contribution is 7.16. The number of rotatable bonds is 5. The Morgan fingerprint density at radius 2 is 2.11 bits per heavy atom. The third-order valence-corrected chi connectivity index (χ3v) is 6.56. The van der Waals surface area contributed by atoms with Crippen molar-refractivity contribution in [1.29, 1.82) is 0 Å². The number of oxazole rings is 1. The van der Waals surface area contributed by atoms with E-state index in [0.717, 1.165) is 28.5 Å². The van der Waals surface area contributed by atoms with Crippen LogP contribution >= 0.6 is 22.9 Å². The summed E-state index contributed by atoms with van der Waals surface area (Å²) in [6.07, 6.45) is 4.47. The Kier molecular flexibility index (Phi) is 5.64. The van der Waals surface area contributed by atoms with Crippen molar-refractivity contribution in [2.24, 2.45) is 0 Å². The van der Waals surface area contributed by atoms with Gasteiger partial charge in [0.25, 0.3) is 0 Å². The number of nitrogens with zero attached hydrogens (tertiary/aromatic N) is 1. The van der Waals surface area contributed by atoms with Crippen LogP contribution in [0, 0.1) is 0 Å². The van der Waals surface area contributed by atoms with Crippen LogP contribution in [0.25, 0.3) is 11.5 Å². The SMILES string of the molecule is CC1CC(c2sc(Cl)cc2CCO)CC(c2cnc(-c3ccccc3)o2)N1. The normalized spacial score (nSPS) is 22.9. The molecule has 1 aliphatic heterocycles. The molecule has 3 heterocycles. The maximum absolute atomic E-state index is 9.37. The van der Waals surface area contributed by atoms with E-state index in [2.05, 4.69) is 17.2 Å². The smallest absolute Gasteiger partial charge is 0.226 e. The van der Waals surface area contributed by atoms with E-state index >= 15 is 0 Å². The van der Waals surface area contributed by atoms with E-state index in [1.54, 1.807) is 11.3 Å². The standard InChI is InChI=1S/C21H23ClN2O2S/c1-13-9-16(20-15(7-8-25)11-19(22)27-20)10-17(24-13)18-12-23-21(26-18)14-5-3-2-4-6-14/h2-6,11-13,16-17,24-25H,7-10H2,1H3. The van der Waals surface area contributed by atoms with Crippen LogP contribution in [-0.4, -0.2) is 22.7 Å². The van der Waals surface area contributed by atoms with E-state index in [1.807, 2.05) is 42.6 Å². The molecule has 3 atom stereocenters. The van der Waals surface area contributed by atoms with Crippen LogP contribution in [0.4, 0.5) is 0 Å². The van der Waals surface area contributed by atoms with Gasteiger partial charge in [-0.15, -0.1) is 11.3 Å². The predicted molar refractivity (Wildman–Crippen MR) is 109 cm³/mol. The van der Waals surface area contributed by atoms with Crippen LogP contribution in [0.3, 0.4) is 0 Å². The lowest BCUT2D eigenvalue weighted by atomic mass is 9.85. The molecule has 0 bridgehead atoms. The summed E-state index contributed by atoms with van der Waals surface area (Å²) >= 11 is 7.92. The van der Waals surface area contributed by atoms with Crippen molar-refractivity contribution >= 4 is 22.9 Å². The van der Waals surface area contributed by atoms with Gasteiger partial charge in [0.1, 0.15) is 5.76 Å². The topological polar surface area (TPSA) is 58.3 Å². The first kappa shape index (κ1) is 18.7. The highest BCUT2D eigenvalue weighted by Gasteiger charge is 2.32. The van der Waals surface area contributed by atoms with Gasteiger partial charge in [-0.2, -0.15) is 0 Å². The third-order valence-electron chi connectivity index (χ3n) is 5.10. The number of piperidine rings is 1. The Labute approximate surface area is 168 Å². The summed E-state index contributed by atoms with van der Waals surface area (Å²) in [5.74, 6) is 1.93. The number of aliphatic hydroxyl groups excluding tert-OH is 1. The van der Waals surface area contributed by atoms with Crippen molar-refractivity contribution in [3.05, 3.63) is 63.1 Å². The summed E-state index contributed by atoms with van der Waals surface area (Å²) in [4.78, 5) is 5.78. The van der Waals surface area contributed by atoms with Crippen LogP contribution in [0.1, 0.15) is 47.9 Å². The van der Waals surface area contributed by atoms with Crippen LogP contribution in [0.2, 0.25) is 4.34 Å². The largest absolute Gasteiger partial charge is 0.440 e. The molecule has 1 saturated heterocycles. The molecule has 142 valence electrons. The van der Waals surface area contributed by atoms with Gasteiger partial charge >= 0.3 is 0 Å². The van der Waals surface area contributed by atoms with Crippen molar-refractivity contribution in [3.8, 4) is 11.5 Å². The lowest BCUT2D eigenvalue weighted by molar-refractivity contribution is 0.275. The predicted octanol–water partition coefficient (Wildman–Crippen LogP) is 5.19. The second kappa shape index (κ2) is 8.15. The zero-order chi connectivity index (χ0) is 18.8. The summed E-state index contributed by atoms with van der Waals surface area (Å²) in [5.41, 5.74) is 2.16. The fraction of sp³-hybridized carbons (Fsp3) is 0.381. The van der Waals surface area contributed by atoms with Crippen LogP contribution in [-0.2, 0) is 6.42 Å². The van der Waals surface area contributed by atoms with Gasteiger partial charge in [-0.1, -0.05) is 29.8 Å². The molecule has 3 aromatic rings. The van der Waals surface area contributed by atoms with Gasteiger partial charge in [0.15, 0.2) is 0 Å². The van der Waals surface area contributed by atoms with E-state index in [-0.39, 0.29) is 12.6 Å². The Morgan fingerprint density at radius 1 is 1.30 bits per heavy atom. The average Bonchev–Trinajstić information content (AvgIpc) is 3.29. The Bertz CT molecular complexity index is 893. The average molecular weight is 403 g/mol. The fourth-order valence-electron chi connectivity index (χ4n) is 3.93. The molecule has 2 aromatic heterocycles. The molecular weight excluding hydrogens is 380 g/mol. The molecule has 0 amide bonds. The van der Waals surface area contributed by atoms with E-state index in [0.29, 0.717) is 24.3 Å². The van der Waals surface area contributed by atoms with Crippen LogP contribution in [0.5, 0.6) is 0 Å². The minimum atomic E-state index is 0.117. The molecule has 3 unspecified atom stereocenters. The number of thiophene rings is 1. The van der Waals surface area contributed by atoms with Crippen molar-refractivity contribution in [3.63, 3.8) is 0 Å². The molecular formula is C21H23ClN2O2S. The molecule has 1 aromatic carbocycles. The van der Waals surface area contributed by atoms with Crippen molar-refractivity contribution in [2.45, 2.75) is 44.2 Å². The molecule has 0 saturated carbocycles. The van der Waals surface area contributed by atoms with Crippen molar-refractivity contribution < 1.29 is 9.52 Å². The maximum Gasteiger partial charge on any atom is 0.226 e. The number of hydrogen-bond acceptors (Lipinski definition) is 5. The van der Waals surface area contributed by atoms with Gasteiger partial charge < -0.3 is 14.8 Å². The second-order valence-corrected chi connectivity index (χ2v) is 8.85. The molecule has 2 N–H and O–H groups in total. The van der Waals surface area contributed by atoms with E-state index in [1.165, 1.54) is 10.4 Å². The van der Waals surface area contributed by atoms with Gasteiger partial charge in [0.2, 0.25) is 5.89 Å². The minimum Gasteiger partial charge on any atom is -0.440 e. The molecule has 4 nitrogen and oxygen atoms in total. The number of hydrogen-bond donors (Lipinski definition) is 2. The number of nitrogens with one attached hydrogen (secondary N) is 1. The van der Waals surface area contributed by atoms with Gasteiger partial charge in [-0.3, -0.25) is 0 Å². The Morgan fingerprint density at radius 3 is 2.89 bits per heavy atom. The third kappa shape index (κ3) is 4.11. The minimum absolute atomic E-state index is 0.117. The Balaban J connectivity index is 1.57. The van der Waals surface area contributed by atoms with Gasteiger partial charge in [0, 0.05) is 23.1 Å². The summed E-state index contributed by atoms with van der Waals surface area (Å²) in [7, 11) is 0. The van der Waals surface area contributed by atoms with Crippen LogP contribution < -0.4 is 5.32 Å². The first-order valence-electron chi connectivity index (χ1n) is 9.30. The molecule has 6 heteroatoms. The highest BCUT2D eigenvalue weighted by Crippen LogP contribution is 2.42. The summed E-state index contributed by atoms with van der Waals surface area (Å²) in [6, 6.07) is 12.4. The van der Waals surface area contributed by atoms with Crippen LogP contribution in [0.15, 0.2) is 47.0 Å². The van der Waals surface area contributed by atoms with Gasteiger partial charge in [-0.25, -0.2) is 4.98 Å². The molecule has 0 radical (unpaired) electrons. The lowest BCUT2D eigenvalue weighted by Gasteiger charge is -2.33. The summed E-state index contributed by atoms with van der Waals surface area (Å²) in [5, 5.41) is 13.0. The highest BCUT2D eigenvalue weighted by atomic mass is 35.5. The maximum atomic E-state index is 9.37. The quantitative estimate of drug-likeness (QED) is 0.616. The van der Waals surface area contributed by atoms with Gasteiger partial charge in [-0.05, 0) is 55.9 Å². The monoisotopic (exact) mass is 402 g/mol. The number of benzene rings is 1. The number of halogens is 1. The van der Waals surface area contributed by atoms with Crippen molar-refractivity contribution in [1.82, 2.24) is 10.3 Å². The van der Waals surface area contributed by atoms with Gasteiger partial charge in [0.05, 0.1) is 16.6 Å². The molecule has 4 rings (SSSR count). The first-order chi connectivity index (χ1) is 13.1. The zero-order valence-electron chi connectivity index (χ0n) is 15.2. The molecule has 27 heavy (non-hydrogen) atoms. The second-order valence-electron chi connectivity index (χ2n) is 7.14. The molecule has 1 aliphatic rings. The Hall–Kier alpha value is -1.66. The number of aliphatic hydroxyl groups is 1. The zero-order valence-corrected chi connectivity index (χ0v) is 16.8. The van der Waals surface area contributed by atoms with E-state index < -0.39 is 0 Å². The molecule has 0 spiro atoms. The fourth-order valence-corrected chi connectivity index (χ4v) is 5.37. The number of aromatic nitrogens is 1. The molecule has 0 aliphatic carbocycles. The van der Waals surface area contributed by atoms with E-state index in [9.17, 15) is 5.11 Å².